The Labute approximate surface area is 162 Å². The van der Waals surface area contributed by atoms with E-state index in [9.17, 15) is 9.90 Å². The number of carbonyl (C=O) groups is 1. The van der Waals surface area contributed by atoms with E-state index >= 15 is 0 Å². The molecule has 2 heterocycles. The summed E-state index contributed by atoms with van der Waals surface area (Å²) in [7, 11) is 0. The molecular formula is C24H18N2O2. The molecule has 136 valence electrons. The number of aliphatic hydroxyl groups is 1. The van der Waals surface area contributed by atoms with Gasteiger partial charge in [0, 0.05) is 23.1 Å². The predicted octanol–water partition coefficient (Wildman–Crippen LogP) is 4.08. The predicted molar refractivity (Wildman–Crippen MR) is 107 cm³/mol. The maximum atomic E-state index is 13.2. The molecule has 1 N–H and O–H groups in total. The number of carbonyl (C=O) groups excluding carboxylic acids is 1. The summed E-state index contributed by atoms with van der Waals surface area (Å²) in [5, 5.41) is 12.9. The third-order valence-corrected chi connectivity index (χ3v) is 5.31. The molecule has 0 aliphatic carbocycles. The zero-order chi connectivity index (χ0) is 19.1. The molecule has 1 amide bonds. The number of nitrogens with zero attached hydrogens (tertiary/aromatic N) is 2. The summed E-state index contributed by atoms with van der Waals surface area (Å²) in [5.41, 5.74) is 1.64. The molecule has 3 aromatic carbocycles. The molecular weight excluding hydrogens is 348 g/mol. The fraction of sp³-hybridized carbons (Fsp3) is 0.0833. The van der Waals surface area contributed by atoms with Crippen molar-refractivity contribution in [2.75, 3.05) is 0 Å². The van der Waals surface area contributed by atoms with Crippen LogP contribution in [-0.2, 0) is 12.3 Å². The Morgan fingerprint density at radius 1 is 0.821 bits per heavy atom. The second-order valence-electron chi connectivity index (χ2n) is 6.98. The highest BCUT2D eigenvalue weighted by molar-refractivity contribution is 6.00. The zero-order valence-corrected chi connectivity index (χ0v) is 15.1. The first kappa shape index (κ1) is 16.7. The third kappa shape index (κ3) is 2.42. The first-order chi connectivity index (χ1) is 13.7. The van der Waals surface area contributed by atoms with E-state index in [1.54, 1.807) is 18.2 Å². The Morgan fingerprint density at radius 2 is 1.54 bits per heavy atom. The molecule has 5 rings (SSSR count). The van der Waals surface area contributed by atoms with Crippen LogP contribution in [-0.4, -0.2) is 20.9 Å². The van der Waals surface area contributed by atoms with Gasteiger partial charge in [-0.1, -0.05) is 72.8 Å². The summed E-state index contributed by atoms with van der Waals surface area (Å²) in [6.45, 7) is 0.291. The number of hydrogen-bond donors (Lipinski definition) is 1. The van der Waals surface area contributed by atoms with Crippen molar-refractivity contribution in [3.8, 4) is 0 Å². The lowest BCUT2D eigenvalue weighted by atomic mass is 9.97. The van der Waals surface area contributed by atoms with Crippen molar-refractivity contribution in [3.05, 3.63) is 113 Å². The monoisotopic (exact) mass is 366 g/mol. The van der Waals surface area contributed by atoms with Crippen molar-refractivity contribution in [2.24, 2.45) is 0 Å². The van der Waals surface area contributed by atoms with E-state index in [-0.39, 0.29) is 5.91 Å². The van der Waals surface area contributed by atoms with E-state index in [1.807, 2.05) is 72.8 Å². The van der Waals surface area contributed by atoms with Gasteiger partial charge in [-0.15, -0.1) is 0 Å². The van der Waals surface area contributed by atoms with Gasteiger partial charge in [-0.25, -0.2) is 4.98 Å². The lowest BCUT2D eigenvalue weighted by Gasteiger charge is -2.34. The van der Waals surface area contributed by atoms with E-state index < -0.39 is 5.72 Å². The topological polar surface area (TPSA) is 53.4 Å². The van der Waals surface area contributed by atoms with Gasteiger partial charge in [-0.05, 0) is 23.8 Å². The van der Waals surface area contributed by atoms with Crippen LogP contribution in [0.5, 0.6) is 0 Å². The largest absolute Gasteiger partial charge is 0.362 e. The molecule has 4 aromatic rings. The van der Waals surface area contributed by atoms with Gasteiger partial charge in [-0.2, -0.15) is 0 Å². The molecule has 1 aliphatic rings. The second-order valence-corrected chi connectivity index (χ2v) is 6.98. The number of benzene rings is 3. The summed E-state index contributed by atoms with van der Waals surface area (Å²) in [6.07, 6.45) is 0. The van der Waals surface area contributed by atoms with Crippen LogP contribution in [0.15, 0.2) is 91.0 Å². The van der Waals surface area contributed by atoms with Gasteiger partial charge < -0.3 is 5.11 Å². The van der Waals surface area contributed by atoms with Crippen molar-refractivity contribution in [1.82, 2.24) is 9.88 Å². The molecule has 0 fully saturated rings. The number of fused-ring (bicyclic) bond motifs is 2. The number of aromatic nitrogens is 1. The minimum atomic E-state index is -1.62. The maximum absolute atomic E-state index is 13.2. The minimum absolute atomic E-state index is 0.197. The summed E-state index contributed by atoms with van der Waals surface area (Å²) in [5.74, 6) is -0.197. The summed E-state index contributed by atoms with van der Waals surface area (Å²) < 4.78 is 0. The molecule has 0 spiro atoms. The third-order valence-electron chi connectivity index (χ3n) is 5.31. The fourth-order valence-electron chi connectivity index (χ4n) is 3.90. The van der Waals surface area contributed by atoms with E-state index in [1.165, 1.54) is 4.90 Å². The van der Waals surface area contributed by atoms with Gasteiger partial charge in [0.15, 0.2) is 0 Å². The lowest BCUT2D eigenvalue weighted by Crippen LogP contribution is -2.44. The molecule has 1 unspecified atom stereocenters. The Bertz CT molecular complexity index is 1190. The van der Waals surface area contributed by atoms with Crippen molar-refractivity contribution < 1.29 is 9.90 Å². The Balaban J connectivity index is 1.70. The quantitative estimate of drug-likeness (QED) is 0.594. The first-order valence-electron chi connectivity index (χ1n) is 9.22. The molecule has 1 aliphatic heterocycles. The average Bonchev–Trinajstić information content (AvgIpc) is 2.97. The smallest absolute Gasteiger partial charge is 0.257 e. The highest BCUT2D eigenvalue weighted by Gasteiger charge is 2.50. The van der Waals surface area contributed by atoms with E-state index in [0.29, 0.717) is 23.4 Å². The fourth-order valence-corrected chi connectivity index (χ4v) is 3.90. The average molecular weight is 366 g/mol. The molecule has 0 bridgehead atoms. The SMILES string of the molecule is O=C1c2ccccc2C(O)(c2ccc3ccccc3n2)N1Cc1ccccc1. The highest BCUT2D eigenvalue weighted by atomic mass is 16.3. The summed E-state index contributed by atoms with van der Waals surface area (Å²) in [6, 6.07) is 28.4. The maximum Gasteiger partial charge on any atom is 0.257 e. The number of para-hydroxylation sites is 1. The molecule has 0 saturated heterocycles. The normalized spacial score (nSPS) is 18.5. The van der Waals surface area contributed by atoms with Crippen LogP contribution >= 0.6 is 0 Å². The van der Waals surface area contributed by atoms with Gasteiger partial charge in [-0.3, -0.25) is 9.69 Å². The number of amides is 1. The summed E-state index contributed by atoms with van der Waals surface area (Å²) in [4.78, 5) is 19.4. The van der Waals surface area contributed by atoms with Crippen LogP contribution in [0.4, 0.5) is 0 Å². The Hall–Kier alpha value is -3.50. The minimum Gasteiger partial charge on any atom is -0.362 e. The van der Waals surface area contributed by atoms with Gasteiger partial charge in [0.2, 0.25) is 5.72 Å². The molecule has 28 heavy (non-hydrogen) atoms. The van der Waals surface area contributed by atoms with Crippen LogP contribution in [0.1, 0.15) is 27.2 Å². The van der Waals surface area contributed by atoms with Crippen molar-refractivity contribution in [1.29, 1.82) is 0 Å². The summed E-state index contributed by atoms with van der Waals surface area (Å²) >= 11 is 0. The Kier molecular flexibility index (Phi) is 3.74. The number of rotatable bonds is 3. The highest BCUT2D eigenvalue weighted by Crippen LogP contribution is 2.42. The van der Waals surface area contributed by atoms with Crippen LogP contribution in [0.2, 0.25) is 0 Å². The molecule has 4 nitrogen and oxygen atoms in total. The standard InChI is InChI=1S/C24H18N2O2/c27-23-19-11-5-6-12-20(19)24(28,26(23)16-17-8-2-1-3-9-17)22-15-14-18-10-4-7-13-21(18)25-22/h1-15,28H,16H2. The Morgan fingerprint density at radius 3 is 2.39 bits per heavy atom. The zero-order valence-electron chi connectivity index (χ0n) is 15.1. The van der Waals surface area contributed by atoms with Crippen molar-refractivity contribution in [3.63, 3.8) is 0 Å². The number of hydrogen-bond acceptors (Lipinski definition) is 3. The number of pyridine rings is 1. The second kappa shape index (κ2) is 6.29. The van der Waals surface area contributed by atoms with E-state index in [0.717, 1.165) is 16.5 Å². The molecule has 4 heteroatoms. The van der Waals surface area contributed by atoms with Crippen LogP contribution < -0.4 is 0 Å². The van der Waals surface area contributed by atoms with E-state index in [4.69, 9.17) is 4.98 Å². The van der Waals surface area contributed by atoms with Crippen LogP contribution in [0.25, 0.3) is 10.9 Å². The van der Waals surface area contributed by atoms with Crippen LogP contribution in [0, 0.1) is 0 Å². The van der Waals surface area contributed by atoms with Gasteiger partial charge in [0.05, 0.1) is 11.2 Å². The molecule has 1 aromatic heterocycles. The van der Waals surface area contributed by atoms with Gasteiger partial charge >= 0.3 is 0 Å². The van der Waals surface area contributed by atoms with E-state index in [2.05, 4.69) is 0 Å². The van der Waals surface area contributed by atoms with Gasteiger partial charge in [0.1, 0.15) is 0 Å². The molecule has 0 saturated carbocycles. The lowest BCUT2D eigenvalue weighted by molar-refractivity contribution is -0.0571. The van der Waals surface area contributed by atoms with Gasteiger partial charge in [0.25, 0.3) is 5.91 Å². The molecule has 0 radical (unpaired) electrons. The first-order valence-corrected chi connectivity index (χ1v) is 9.22. The van der Waals surface area contributed by atoms with Crippen molar-refractivity contribution in [2.45, 2.75) is 12.3 Å². The molecule has 1 atom stereocenters. The van der Waals surface area contributed by atoms with Crippen LogP contribution in [0.3, 0.4) is 0 Å². The van der Waals surface area contributed by atoms with Crippen molar-refractivity contribution >= 4 is 16.8 Å².